The second-order valence-corrected chi connectivity index (χ2v) is 9.15. The molecule has 0 unspecified atom stereocenters. The van der Waals surface area contributed by atoms with Crippen LogP contribution in [0.1, 0.15) is 31.2 Å². The zero-order valence-corrected chi connectivity index (χ0v) is 18.7. The van der Waals surface area contributed by atoms with E-state index >= 15 is 0 Å². The van der Waals surface area contributed by atoms with E-state index in [-0.39, 0.29) is 11.8 Å². The Kier molecular flexibility index (Phi) is 5.19. The number of methoxy groups -OCH3 is 1. The van der Waals surface area contributed by atoms with Crippen LogP contribution < -0.4 is 19.7 Å². The molecule has 9 nitrogen and oxygen atoms in total. The average molecular weight is 469 g/mol. The van der Waals surface area contributed by atoms with E-state index in [4.69, 9.17) is 9.47 Å². The van der Waals surface area contributed by atoms with Gasteiger partial charge in [0.15, 0.2) is 11.9 Å². The molecule has 1 aliphatic carbocycles. The molecule has 0 amide bonds. The first-order valence-corrected chi connectivity index (χ1v) is 11.5. The first-order chi connectivity index (χ1) is 16.6. The molecule has 1 N–H and O–H groups in total. The van der Waals surface area contributed by atoms with Crippen LogP contribution in [0.15, 0.2) is 30.5 Å². The number of hydrogen-bond acceptors (Lipinski definition) is 8. The second-order valence-electron chi connectivity index (χ2n) is 9.15. The Hall–Kier alpha value is -3.50. The van der Waals surface area contributed by atoms with E-state index in [9.17, 15) is 8.78 Å². The number of anilines is 2. The van der Waals surface area contributed by atoms with Crippen molar-refractivity contribution in [2.75, 3.05) is 30.4 Å². The summed E-state index contributed by atoms with van der Waals surface area (Å²) in [4.78, 5) is 7.03. The van der Waals surface area contributed by atoms with Gasteiger partial charge in [-0.25, -0.2) is 13.5 Å². The summed E-state index contributed by atoms with van der Waals surface area (Å²) in [5, 5.41) is 16.2. The molecule has 4 atom stereocenters. The molecule has 11 heteroatoms. The molecule has 4 heterocycles. The summed E-state index contributed by atoms with van der Waals surface area (Å²) >= 11 is 0. The molecule has 0 radical (unpaired) electrons. The number of aryl methyl sites for hydroxylation is 1. The summed E-state index contributed by atoms with van der Waals surface area (Å²) in [5.74, 6) is 1.50. The van der Waals surface area contributed by atoms with E-state index in [2.05, 4.69) is 30.5 Å². The van der Waals surface area contributed by atoms with Gasteiger partial charge in [0.05, 0.1) is 19.0 Å². The van der Waals surface area contributed by atoms with Gasteiger partial charge in [-0.2, -0.15) is 10.1 Å². The van der Waals surface area contributed by atoms with Crippen LogP contribution in [-0.2, 0) is 6.54 Å². The minimum Gasteiger partial charge on any atom is -0.482 e. The van der Waals surface area contributed by atoms with Crippen molar-refractivity contribution in [1.82, 2.24) is 25.0 Å². The predicted molar refractivity (Wildman–Crippen MR) is 119 cm³/mol. The van der Waals surface area contributed by atoms with Crippen molar-refractivity contribution in [1.29, 1.82) is 0 Å². The SMILES string of the molecule is COc1cc(N2C[C@H]3CC[C@@H](C2)[C@@H]3Nc2nc3n(n2)CC[C@@H]3Oc2cc(F)cc(F)c2)cnn1. The van der Waals surface area contributed by atoms with Gasteiger partial charge in [0, 0.05) is 56.4 Å². The average Bonchev–Trinajstić information content (AvgIpc) is 3.44. The summed E-state index contributed by atoms with van der Waals surface area (Å²) in [6.07, 6.45) is 4.32. The maximum Gasteiger partial charge on any atom is 0.242 e. The molecule has 6 rings (SSSR count). The largest absolute Gasteiger partial charge is 0.482 e. The van der Waals surface area contributed by atoms with E-state index in [1.54, 1.807) is 13.3 Å². The van der Waals surface area contributed by atoms with Crippen molar-refractivity contribution in [2.45, 2.75) is 38.0 Å². The zero-order chi connectivity index (χ0) is 23.2. The normalized spacial score (nSPS) is 25.3. The molecule has 3 aromatic rings. The van der Waals surface area contributed by atoms with Crippen LogP contribution >= 0.6 is 0 Å². The topological polar surface area (TPSA) is 90.2 Å². The Morgan fingerprint density at radius 2 is 1.79 bits per heavy atom. The molecule has 2 aliphatic heterocycles. The van der Waals surface area contributed by atoms with E-state index < -0.39 is 17.7 Å². The van der Waals surface area contributed by atoms with E-state index in [0.29, 0.717) is 42.5 Å². The summed E-state index contributed by atoms with van der Waals surface area (Å²) in [5.41, 5.74) is 1.02. The summed E-state index contributed by atoms with van der Waals surface area (Å²) in [7, 11) is 1.59. The number of nitrogens with zero attached hydrogens (tertiary/aromatic N) is 6. The molecule has 3 aliphatic rings. The molecule has 34 heavy (non-hydrogen) atoms. The Bertz CT molecular complexity index is 1170. The number of rotatable bonds is 6. The number of ether oxygens (including phenoxy) is 2. The van der Waals surface area contributed by atoms with E-state index in [1.165, 1.54) is 12.1 Å². The van der Waals surface area contributed by atoms with Gasteiger partial charge in [-0.1, -0.05) is 0 Å². The van der Waals surface area contributed by atoms with Gasteiger partial charge in [0.25, 0.3) is 0 Å². The van der Waals surface area contributed by atoms with Crippen molar-refractivity contribution in [3.05, 3.63) is 47.9 Å². The van der Waals surface area contributed by atoms with Crippen molar-refractivity contribution in [2.24, 2.45) is 11.8 Å². The highest BCUT2D eigenvalue weighted by molar-refractivity contribution is 5.48. The Balaban J connectivity index is 1.14. The minimum atomic E-state index is -0.667. The van der Waals surface area contributed by atoms with Gasteiger partial charge in [0.1, 0.15) is 17.4 Å². The van der Waals surface area contributed by atoms with Gasteiger partial charge in [-0.05, 0) is 24.7 Å². The molecule has 1 aromatic carbocycles. The number of halogens is 2. The second kappa shape index (κ2) is 8.37. The van der Waals surface area contributed by atoms with Crippen LogP contribution in [0, 0.1) is 23.5 Å². The van der Waals surface area contributed by atoms with Gasteiger partial charge >= 0.3 is 0 Å². The lowest BCUT2D eigenvalue weighted by atomic mass is 9.92. The maximum atomic E-state index is 13.5. The molecule has 0 spiro atoms. The van der Waals surface area contributed by atoms with Crippen LogP contribution in [0.5, 0.6) is 11.6 Å². The van der Waals surface area contributed by atoms with Gasteiger partial charge in [0.2, 0.25) is 11.8 Å². The number of nitrogens with one attached hydrogen (secondary N) is 1. The number of benzene rings is 1. The highest BCUT2D eigenvalue weighted by atomic mass is 19.1. The van der Waals surface area contributed by atoms with Crippen molar-refractivity contribution >= 4 is 11.6 Å². The predicted octanol–water partition coefficient (Wildman–Crippen LogP) is 3.21. The lowest BCUT2D eigenvalue weighted by Crippen LogP contribution is -2.48. The lowest BCUT2D eigenvalue weighted by Gasteiger charge is -2.39. The van der Waals surface area contributed by atoms with Gasteiger partial charge in [-0.15, -0.1) is 10.2 Å². The molecule has 2 bridgehead atoms. The number of piperidine rings is 1. The molecule has 1 saturated heterocycles. The highest BCUT2D eigenvalue weighted by Gasteiger charge is 2.43. The molecule has 2 aromatic heterocycles. The molecule has 1 saturated carbocycles. The molecule has 2 fully saturated rings. The quantitative estimate of drug-likeness (QED) is 0.589. The number of hydrogen-bond donors (Lipinski definition) is 1. The fraction of sp³-hybridized carbons (Fsp3) is 0.478. The minimum absolute atomic E-state index is 0.154. The maximum absolute atomic E-state index is 13.5. The smallest absolute Gasteiger partial charge is 0.242 e. The number of aromatic nitrogens is 5. The zero-order valence-electron chi connectivity index (χ0n) is 18.7. The van der Waals surface area contributed by atoms with Crippen LogP contribution in [0.2, 0.25) is 0 Å². The van der Waals surface area contributed by atoms with Crippen LogP contribution in [-0.4, -0.2) is 51.2 Å². The standard InChI is InChI=1S/C23H25F2N7O2/c1-33-20-9-17(10-26-29-20)31-11-13-2-3-14(12-31)21(13)27-23-28-22-19(4-5-32(22)30-23)34-18-7-15(24)6-16(25)8-18/h6-10,13-14,19,21H,2-5,11-12H2,1H3,(H,27,30)/t13-,14+,19-,21-/m0/s1. The van der Waals surface area contributed by atoms with Crippen LogP contribution in [0.4, 0.5) is 20.4 Å². The summed E-state index contributed by atoms with van der Waals surface area (Å²) in [6.45, 7) is 2.47. The Morgan fingerprint density at radius 3 is 2.53 bits per heavy atom. The third-order valence-electron chi connectivity index (χ3n) is 7.03. The summed E-state index contributed by atoms with van der Waals surface area (Å²) in [6, 6.07) is 5.40. The number of fused-ring (bicyclic) bond motifs is 3. The monoisotopic (exact) mass is 469 g/mol. The van der Waals surface area contributed by atoms with Gasteiger partial charge < -0.3 is 19.7 Å². The van der Waals surface area contributed by atoms with E-state index in [1.807, 2.05) is 10.7 Å². The molecule has 178 valence electrons. The fourth-order valence-corrected chi connectivity index (χ4v) is 5.49. The van der Waals surface area contributed by atoms with Crippen molar-refractivity contribution in [3.8, 4) is 11.6 Å². The first-order valence-electron chi connectivity index (χ1n) is 11.5. The lowest BCUT2D eigenvalue weighted by molar-refractivity contribution is 0.201. The summed E-state index contributed by atoms with van der Waals surface area (Å²) < 4.78 is 40.0. The highest BCUT2D eigenvalue weighted by Crippen LogP contribution is 2.40. The van der Waals surface area contributed by atoms with Gasteiger partial charge in [-0.3, -0.25) is 0 Å². The van der Waals surface area contributed by atoms with Crippen LogP contribution in [0.25, 0.3) is 0 Å². The Morgan fingerprint density at radius 1 is 1.03 bits per heavy atom. The van der Waals surface area contributed by atoms with Crippen molar-refractivity contribution < 1.29 is 18.3 Å². The Labute approximate surface area is 195 Å². The fourth-order valence-electron chi connectivity index (χ4n) is 5.49. The third-order valence-corrected chi connectivity index (χ3v) is 7.03. The third kappa shape index (κ3) is 3.88. The first kappa shape index (κ1) is 21.1. The van der Waals surface area contributed by atoms with Crippen LogP contribution in [0.3, 0.4) is 0 Å². The van der Waals surface area contributed by atoms with E-state index in [0.717, 1.165) is 37.7 Å². The van der Waals surface area contributed by atoms with Crippen molar-refractivity contribution in [3.63, 3.8) is 0 Å². The molecular formula is C23H25F2N7O2. The molecular weight excluding hydrogens is 444 g/mol.